The van der Waals surface area contributed by atoms with Gasteiger partial charge < -0.3 is 10.1 Å². The Morgan fingerprint density at radius 3 is 3.07 bits per heavy atom. The number of aromatic amines is 1. The SMILES string of the molecule is O=C(O)/C=C/Cc1ccc2cc[nH]c2c1. The van der Waals surface area contributed by atoms with Gasteiger partial charge in [-0.2, -0.15) is 0 Å². The Balaban J connectivity index is 2.18. The van der Waals surface area contributed by atoms with Crippen LogP contribution in [0.2, 0.25) is 0 Å². The minimum atomic E-state index is -0.907. The fourth-order valence-corrected chi connectivity index (χ4v) is 1.52. The molecule has 0 fully saturated rings. The monoisotopic (exact) mass is 201 g/mol. The molecule has 3 nitrogen and oxygen atoms in total. The Bertz CT molecular complexity index is 511. The second-order valence-electron chi connectivity index (χ2n) is 3.34. The van der Waals surface area contributed by atoms with Crippen molar-refractivity contribution < 1.29 is 9.90 Å². The van der Waals surface area contributed by atoms with Gasteiger partial charge in [0.1, 0.15) is 0 Å². The second kappa shape index (κ2) is 4.00. The lowest BCUT2D eigenvalue weighted by atomic mass is 10.1. The van der Waals surface area contributed by atoms with Crippen LogP contribution in [-0.4, -0.2) is 16.1 Å². The van der Waals surface area contributed by atoms with Crippen molar-refractivity contribution in [2.24, 2.45) is 0 Å². The summed E-state index contributed by atoms with van der Waals surface area (Å²) in [4.78, 5) is 13.4. The van der Waals surface area contributed by atoms with E-state index < -0.39 is 5.97 Å². The first kappa shape index (κ1) is 9.52. The minimum absolute atomic E-state index is 0.640. The summed E-state index contributed by atoms with van der Waals surface area (Å²) in [5.41, 5.74) is 2.18. The van der Waals surface area contributed by atoms with E-state index in [1.165, 1.54) is 11.5 Å². The lowest BCUT2D eigenvalue weighted by Crippen LogP contribution is -1.87. The molecule has 0 saturated carbocycles. The zero-order chi connectivity index (χ0) is 10.7. The van der Waals surface area contributed by atoms with Crippen LogP contribution in [0.25, 0.3) is 10.9 Å². The molecule has 2 aromatic rings. The van der Waals surface area contributed by atoms with Crippen molar-refractivity contribution in [1.29, 1.82) is 0 Å². The van der Waals surface area contributed by atoms with Crippen LogP contribution >= 0.6 is 0 Å². The molecule has 1 aromatic heterocycles. The van der Waals surface area contributed by atoms with Gasteiger partial charge in [-0.3, -0.25) is 0 Å². The summed E-state index contributed by atoms with van der Waals surface area (Å²) in [6.45, 7) is 0. The fourth-order valence-electron chi connectivity index (χ4n) is 1.52. The van der Waals surface area contributed by atoms with Crippen LogP contribution in [-0.2, 0) is 11.2 Å². The van der Waals surface area contributed by atoms with Crippen molar-refractivity contribution in [2.45, 2.75) is 6.42 Å². The van der Waals surface area contributed by atoms with Crippen LogP contribution in [0.3, 0.4) is 0 Å². The third-order valence-corrected chi connectivity index (χ3v) is 2.23. The molecular formula is C12H11NO2. The van der Waals surface area contributed by atoms with Gasteiger partial charge >= 0.3 is 5.97 Å². The van der Waals surface area contributed by atoms with Gasteiger partial charge in [-0.15, -0.1) is 0 Å². The van der Waals surface area contributed by atoms with E-state index in [9.17, 15) is 4.79 Å². The van der Waals surface area contributed by atoms with E-state index in [2.05, 4.69) is 4.98 Å². The van der Waals surface area contributed by atoms with E-state index in [1.54, 1.807) is 6.08 Å². The topological polar surface area (TPSA) is 53.1 Å². The smallest absolute Gasteiger partial charge is 0.327 e. The predicted molar refractivity (Wildman–Crippen MR) is 58.8 cm³/mol. The van der Waals surface area contributed by atoms with Crippen molar-refractivity contribution in [3.8, 4) is 0 Å². The maximum absolute atomic E-state index is 10.3. The number of carboxylic acid groups (broad SMARTS) is 1. The van der Waals surface area contributed by atoms with Gasteiger partial charge in [-0.25, -0.2) is 4.79 Å². The van der Waals surface area contributed by atoms with E-state index >= 15 is 0 Å². The molecule has 3 heteroatoms. The first-order valence-corrected chi connectivity index (χ1v) is 4.71. The number of benzene rings is 1. The third kappa shape index (κ3) is 2.26. The number of carboxylic acids is 1. The van der Waals surface area contributed by atoms with E-state index in [4.69, 9.17) is 5.11 Å². The first-order chi connectivity index (χ1) is 7.25. The van der Waals surface area contributed by atoms with Crippen LogP contribution in [0.15, 0.2) is 42.6 Å². The maximum Gasteiger partial charge on any atom is 0.327 e. The number of aromatic nitrogens is 1. The highest BCUT2D eigenvalue weighted by Crippen LogP contribution is 2.14. The minimum Gasteiger partial charge on any atom is -0.478 e. The molecule has 76 valence electrons. The van der Waals surface area contributed by atoms with E-state index in [-0.39, 0.29) is 0 Å². The molecule has 0 aliphatic carbocycles. The molecule has 2 N–H and O–H groups in total. The van der Waals surface area contributed by atoms with Gasteiger partial charge in [0.05, 0.1) is 0 Å². The molecular weight excluding hydrogens is 190 g/mol. The highest BCUT2D eigenvalue weighted by molar-refractivity contribution is 5.80. The van der Waals surface area contributed by atoms with E-state index in [0.717, 1.165) is 11.1 Å². The average molecular weight is 201 g/mol. The lowest BCUT2D eigenvalue weighted by molar-refractivity contribution is -0.131. The molecule has 0 radical (unpaired) electrons. The van der Waals surface area contributed by atoms with E-state index in [1.807, 2.05) is 30.5 Å². The van der Waals surface area contributed by atoms with Gasteiger partial charge in [0, 0.05) is 17.8 Å². The van der Waals surface area contributed by atoms with Crippen LogP contribution < -0.4 is 0 Å². The van der Waals surface area contributed by atoms with Crippen molar-refractivity contribution in [3.63, 3.8) is 0 Å². The number of nitrogens with one attached hydrogen (secondary N) is 1. The van der Waals surface area contributed by atoms with Crippen LogP contribution in [0, 0.1) is 0 Å². The largest absolute Gasteiger partial charge is 0.478 e. The number of aliphatic carboxylic acids is 1. The Hall–Kier alpha value is -2.03. The highest BCUT2D eigenvalue weighted by Gasteiger charge is 1.95. The Kier molecular flexibility index (Phi) is 2.54. The summed E-state index contributed by atoms with van der Waals surface area (Å²) in [6, 6.07) is 8.06. The Morgan fingerprint density at radius 1 is 1.40 bits per heavy atom. The molecule has 0 amide bonds. The number of allylic oxidation sites excluding steroid dienone is 1. The summed E-state index contributed by atoms with van der Waals surface area (Å²) in [5.74, 6) is -0.907. The molecule has 0 saturated heterocycles. The van der Waals surface area contributed by atoms with Crippen LogP contribution in [0.5, 0.6) is 0 Å². The molecule has 1 aromatic carbocycles. The van der Waals surface area contributed by atoms with Gasteiger partial charge in [-0.05, 0) is 29.5 Å². The first-order valence-electron chi connectivity index (χ1n) is 4.71. The number of H-pyrrole nitrogens is 1. The standard InChI is InChI=1S/C12H11NO2/c14-12(15)3-1-2-9-4-5-10-6-7-13-11(10)8-9/h1,3-8,13H,2H2,(H,14,15)/b3-1+. The zero-order valence-corrected chi connectivity index (χ0v) is 8.10. The summed E-state index contributed by atoms with van der Waals surface area (Å²) in [5, 5.41) is 9.60. The molecule has 15 heavy (non-hydrogen) atoms. The summed E-state index contributed by atoms with van der Waals surface area (Å²) >= 11 is 0. The molecule has 0 aliphatic heterocycles. The van der Waals surface area contributed by atoms with Crippen molar-refractivity contribution >= 4 is 16.9 Å². The lowest BCUT2D eigenvalue weighted by Gasteiger charge is -1.96. The summed E-state index contributed by atoms with van der Waals surface area (Å²) < 4.78 is 0. The number of carbonyl (C=O) groups is 1. The Morgan fingerprint density at radius 2 is 2.27 bits per heavy atom. The predicted octanol–water partition coefficient (Wildman–Crippen LogP) is 2.35. The van der Waals surface area contributed by atoms with Crippen molar-refractivity contribution in [3.05, 3.63) is 48.2 Å². The summed E-state index contributed by atoms with van der Waals surface area (Å²) in [7, 11) is 0. The van der Waals surface area contributed by atoms with Crippen molar-refractivity contribution in [2.75, 3.05) is 0 Å². The fraction of sp³-hybridized carbons (Fsp3) is 0.0833. The average Bonchev–Trinajstić information content (AvgIpc) is 2.64. The summed E-state index contributed by atoms with van der Waals surface area (Å²) in [6.07, 6.45) is 5.34. The van der Waals surface area contributed by atoms with Crippen molar-refractivity contribution in [1.82, 2.24) is 4.98 Å². The van der Waals surface area contributed by atoms with Crippen LogP contribution in [0.4, 0.5) is 0 Å². The molecule has 1 heterocycles. The van der Waals surface area contributed by atoms with Gasteiger partial charge in [-0.1, -0.05) is 18.2 Å². The second-order valence-corrected chi connectivity index (χ2v) is 3.34. The quantitative estimate of drug-likeness (QED) is 0.749. The highest BCUT2D eigenvalue weighted by atomic mass is 16.4. The zero-order valence-electron chi connectivity index (χ0n) is 8.10. The number of fused-ring (bicyclic) bond motifs is 1. The number of hydrogen-bond acceptors (Lipinski definition) is 1. The maximum atomic E-state index is 10.3. The molecule has 0 spiro atoms. The van der Waals surface area contributed by atoms with Gasteiger partial charge in [0.15, 0.2) is 0 Å². The van der Waals surface area contributed by atoms with Crippen LogP contribution in [0.1, 0.15) is 5.56 Å². The Labute approximate surface area is 87.0 Å². The third-order valence-electron chi connectivity index (χ3n) is 2.23. The normalized spacial score (nSPS) is 11.2. The number of hydrogen-bond donors (Lipinski definition) is 2. The molecule has 2 rings (SSSR count). The molecule has 0 bridgehead atoms. The van der Waals surface area contributed by atoms with Gasteiger partial charge in [0.2, 0.25) is 0 Å². The molecule has 0 unspecified atom stereocenters. The molecule has 0 atom stereocenters. The van der Waals surface area contributed by atoms with Gasteiger partial charge in [0.25, 0.3) is 0 Å². The van der Waals surface area contributed by atoms with E-state index in [0.29, 0.717) is 6.42 Å². The molecule has 0 aliphatic rings. The number of rotatable bonds is 3.